The van der Waals surface area contributed by atoms with E-state index in [2.05, 4.69) is 25.4 Å². The molecular formula is C24H21F3N6O. The van der Waals surface area contributed by atoms with Gasteiger partial charge in [0.1, 0.15) is 6.33 Å². The molecule has 0 bridgehead atoms. The van der Waals surface area contributed by atoms with Gasteiger partial charge >= 0.3 is 6.18 Å². The van der Waals surface area contributed by atoms with Crippen LogP contribution in [0.4, 0.5) is 24.8 Å². The summed E-state index contributed by atoms with van der Waals surface area (Å²) >= 11 is 0. The number of ether oxygens (including phenoxy) is 1. The maximum atomic E-state index is 12.7. The topological polar surface area (TPSA) is 77.8 Å². The molecular weight excluding hydrogens is 445 g/mol. The number of hydrogen-bond donors (Lipinski definition) is 1. The molecule has 4 aromatic rings. The Hall–Kier alpha value is -3.79. The highest BCUT2D eigenvalue weighted by atomic mass is 19.4. The van der Waals surface area contributed by atoms with Gasteiger partial charge in [-0.3, -0.25) is 0 Å². The third-order valence-corrected chi connectivity index (χ3v) is 5.53. The van der Waals surface area contributed by atoms with E-state index in [4.69, 9.17) is 4.74 Å². The van der Waals surface area contributed by atoms with Crippen LogP contribution in [0.2, 0.25) is 0 Å². The summed E-state index contributed by atoms with van der Waals surface area (Å²) in [6.07, 6.45) is 5.58. The third-order valence-electron chi connectivity index (χ3n) is 5.53. The van der Waals surface area contributed by atoms with Gasteiger partial charge in [0.15, 0.2) is 12.1 Å². The van der Waals surface area contributed by atoms with Gasteiger partial charge < -0.3 is 10.1 Å². The predicted molar refractivity (Wildman–Crippen MR) is 122 cm³/mol. The zero-order chi connectivity index (χ0) is 23.5. The minimum absolute atomic E-state index is 0.0200. The zero-order valence-electron chi connectivity index (χ0n) is 18.0. The summed E-state index contributed by atoms with van der Waals surface area (Å²) in [5.41, 5.74) is 1.70. The van der Waals surface area contributed by atoms with Crippen LogP contribution in [-0.2, 0) is 10.9 Å². The van der Waals surface area contributed by atoms with Crippen molar-refractivity contribution in [3.63, 3.8) is 0 Å². The fraction of sp³-hybridized carbons (Fsp3) is 0.250. The molecule has 2 aromatic carbocycles. The summed E-state index contributed by atoms with van der Waals surface area (Å²) < 4.78 is 46.0. The molecule has 5 rings (SSSR count). The van der Waals surface area contributed by atoms with Crippen LogP contribution in [0.1, 0.15) is 42.4 Å². The van der Waals surface area contributed by atoms with Gasteiger partial charge in [-0.25, -0.2) is 14.6 Å². The molecule has 0 radical (unpaired) electrons. The Morgan fingerprint density at radius 1 is 1.03 bits per heavy atom. The molecule has 1 atom stereocenters. The molecule has 1 unspecified atom stereocenters. The molecule has 0 amide bonds. The van der Waals surface area contributed by atoms with Crippen LogP contribution in [0.3, 0.4) is 0 Å². The maximum absolute atomic E-state index is 12.7. The standard InChI is InChI=1S/C24H21F3N6O/c25-24(26,27)18-6-8-19(9-7-18)31-23-29-15-28-21(32-23)11-5-16-4-10-20-17(13-16)14-30-33(20)22-3-1-2-12-34-22/h4-11,13-15,22H,1-3,12H2,(H,28,29,31,32). The molecule has 0 spiro atoms. The molecule has 1 aliphatic heterocycles. The number of nitrogens with one attached hydrogen (secondary N) is 1. The Kier molecular flexibility index (Phi) is 5.97. The normalized spacial score (nSPS) is 16.9. The lowest BCUT2D eigenvalue weighted by Crippen LogP contribution is -2.18. The van der Waals surface area contributed by atoms with E-state index < -0.39 is 11.7 Å². The second kappa shape index (κ2) is 9.22. The highest BCUT2D eigenvalue weighted by Gasteiger charge is 2.30. The Morgan fingerprint density at radius 3 is 2.65 bits per heavy atom. The average molecular weight is 466 g/mol. The molecule has 1 aliphatic rings. The van der Waals surface area contributed by atoms with Crippen molar-refractivity contribution in [2.45, 2.75) is 31.7 Å². The number of anilines is 2. The van der Waals surface area contributed by atoms with Crippen molar-refractivity contribution in [2.75, 3.05) is 11.9 Å². The van der Waals surface area contributed by atoms with E-state index in [1.165, 1.54) is 18.5 Å². The maximum Gasteiger partial charge on any atom is 0.416 e. The summed E-state index contributed by atoms with van der Waals surface area (Å²) in [5, 5.41) is 8.42. The van der Waals surface area contributed by atoms with Crippen LogP contribution >= 0.6 is 0 Å². The van der Waals surface area contributed by atoms with Crippen LogP contribution in [0.25, 0.3) is 23.1 Å². The Labute approximate surface area is 193 Å². The van der Waals surface area contributed by atoms with Crippen LogP contribution in [0, 0.1) is 0 Å². The zero-order valence-corrected chi connectivity index (χ0v) is 18.0. The number of alkyl halides is 3. The molecule has 1 saturated heterocycles. The molecule has 7 nitrogen and oxygen atoms in total. The summed E-state index contributed by atoms with van der Waals surface area (Å²) in [6, 6.07) is 10.7. The minimum atomic E-state index is -4.38. The van der Waals surface area contributed by atoms with Gasteiger partial charge in [-0.1, -0.05) is 12.1 Å². The number of hydrogen-bond acceptors (Lipinski definition) is 6. The lowest BCUT2D eigenvalue weighted by molar-refractivity contribution is -0.137. The van der Waals surface area contributed by atoms with Crippen molar-refractivity contribution >= 4 is 34.7 Å². The van der Waals surface area contributed by atoms with Crippen molar-refractivity contribution in [2.24, 2.45) is 0 Å². The van der Waals surface area contributed by atoms with Gasteiger partial charge in [0.2, 0.25) is 5.95 Å². The SMILES string of the molecule is FC(F)(F)c1ccc(Nc2ncnc(C=Cc3ccc4c(cnn4C4CCCCO4)c3)n2)cc1. The first kappa shape index (κ1) is 22.0. The van der Waals surface area contributed by atoms with Gasteiger partial charge in [-0.15, -0.1) is 0 Å². The Bertz CT molecular complexity index is 1310. The van der Waals surface area contributed by atoms with E-state index >= 15 is 0 Å². The lowest BCUT2D eigenvalue weighted by atomic mass is 10.1. The lowest BCUT2D eigenvalue weighted by Gasteiger charge is -2.23. The van der Waals surface area contributed by atoms with Crippen LogP contribution < -0.4 is 5.32 Å². The molecule has 3 heterocycles. The number of halogens is 3. The first-order chi connectivity index (χ1) is 16.5. The fourth-order valence-electron chi connectivity index (χ4n) is 3.81. The second-order valence-electron chi connectivity index (χ2n) is 7.93. The largest absolute Gasteiger partial charge is 0.416 e. The minimum Gasteiger partial charge on any atom is -0.356 e. The number of rotatable bonds is 5. The predicted octanol–water partition coefficient (Wildman–Crippen LogP) is 5.85. The molecule has 10 heteroatoms. The van der Waals surface area contributed by atoms with E-state index in [-0.39, 0.29) is 12.2 Å². The first-order valence-corrected chi connectivity index (χ1v) is 10.9. The highest BCUT2D eigenvalue weighted by Crippen LogP contribution is 2.30. The molecule has 1 fully saturated rings. The van der Waals surface area contributed by atoms with E-state index in [1.54, 1.807) is 6.08 Å². The van der Waals surface area contributed by atoms with Crippen molar-refractivity contribution < 1.29 is 17.9 Å². The van der Waals surface area contributed by atoms with Crippen LogP contribution in [-0.4, -0.2) is 31.3 Å². The summed E-state index contributed by atoms with van der Waals surface area (Å²) in [6.45, 7) is 0.758. The number of aromatic nitrogens is 5. The monoisotopic (exact) mass is 466 g/mol. The van der Waals surface area contributed by atoms with Gasteiger partial charge in [-0.05, 0) is 67.3 Å². The van der Waals surface area contributed by atoms with E-state index in [1.807, 2.05) is 35.2 Å². The molecule has 0 saturated carbocycles. The second-order valence-corrected chi connectivity index (χ2v) is 7.93. The molecule has 2 aromatic heterocycles. The Morgan fingerprint density at radius 2 is 1.88 bits per heavy atom. The van der Waals surface area contributed by atoms with Crippen LogP contribution in [0.15, 0.2) is 55.0 Å². The summed E-state index contributed by atoms with van der Waals surface area (Å²) in [7, 11) is 0. The first-order valence-electron chi connectivity index (χ1n) is 10.9. The molecule has 0 aliphatic carbocycles. The van der Waals surface area contributed by atoms with Gasteiger partial charge in [0.05, 0.1) is 17.3 Å². The third kappa shape index (κ3) is 4.91. The van der Waals surface area contributed by atoms with E-state index in [9.17, 15) is 13.2 Å². The number of benzene rings is 2. The smallest absolute Gasteiger partial charge is 0.356 e. The van der Waals surface area contributed by atoms with Gasteiger partial charge in [0.25, 0.3) is 0 Å². The van der Waals surface area contributed by atoms with E-state index in [0.717, 1.165) is 54.5 Å². The van der Waals surface area contributed by atoms with Crippen LogP contribution in [0.5, 0.6) is 0 Å². The molecule has 1 N–H and O–H groups in total. The summed E-state index contributed by atoms with van der Waals surface area (Å²) in [5.74, 6) is 0.648. The quantitative estimate of drug-likeness (QED) is 0.397. The van der Waals surface area contributed by atoms with Crippen molar-refractivity contribution in [3.8, 4) is 0 Å². The van der Waals surface area contributed by atoms with Gasteiger partial charge in [0, 0.05) is 17.7 Å². The van der Waals surface area contributed by atoms with Crippen molar-refractivity contribution in [3.05, 3.63) is 71.9 Å². The summed E-state index contributed by atoms with van der Waals surface area (Å²) in [4.78, 5) is 12.5. The van der Waals surface area contributed by atoms with Gasteiger partial charge in [-0.2, -0.15) is 23.3 Å². The highest BCUT2D eigenvalue weighted by molar-refractivity contribution is 5.83. The Balaban J connectivity index is 1.29. The van der Waals surface area contributed by atoms with Crippen molar-refractivity contribution in [1.82, 2.24) is 24.7 Å². The average Bonchev–Trinajstić information content (AvgIpc) is 3.27. The van der Waals surface area contributed by atoms with E-state index in [0.29, 0.717) is 11.5 Å². The van der Waals surface area contributed by atoms with Crippen molar-refractivity contribution in [1.29, 1.82) is 0 Å². The number of nitrogens with zero attached hydrogens (tertiary/aromatic N) is 5. The fourth-order valence-corrected chi connectivity index (χ4v) is 3.81. The number of fused-ring (bicyclic) bond motifs is 1. The molecule has 34 heavy (non-hydrogen) atoms. The molecule has 174 valence electrons.